The van der Waals surface area contributed by atoms with Crippen LogP contribution in [0.5, 0.6) is 0 Å². The maximum atomic E-state index is 14.0. The summed E-state index contributed by atoms with van der Waals surface area (Å²) in [6.45, 7) is 0.158. The molecule has 9 N–H and O–H groups in total. The molecule has 0 saturated carbocycles. The standard InChI is InChI=1S/C30H34Cl2N6O3/c31-23-13-12-19(16-24(23)32)17-25(27(33)40)38-28(41)30(36,14-7-15-37-29(34)35)26(39)18-22(20-8-3-1-4-9-20)21-10-5-2-6-11-21/h1-6,8-13,16,22,25H,7,14-15,17-18,36H2,(H2,33,40)(H,38,41)(H4,34,35,37)/t25-,30-/m0/s1. The Morgan fingerprint density at radius 1 is 0.854 bits per heavy atom. The SMILES string of the molecule is NC(=O)[C@H](Cc1ccc(Cl)c(Cl)c1)NC(=O)[C@](N)(CCCN=C(N)N)C(=O)CC(c1ccccc1)c1ccccc1. The highest BCUT2D eigenvalue weighted by Crippen LogP contribution is 2.31. The minimum Gasteiger partial charge on any atom is -0.370 e. The third-order valence-electron chi connectivity index (χ3n) is 6.79. The summed E-state index contributed by atoms with van der Waals surface area (Å²) in [6, 6.07) is 22.6. The van der Waals surface area contributed by atoms with Gasteiger partial charge in [0, 0.05) is 25.3 Å². The van der Waals surface area contributed by atoms with E-state index in [-0.39, 0.29) is 49.1 Å². The van der Waals surface area contributed by atoms with Gasteiger partial charge in [0.2, 0.25) is 11.8 Å². The molecule has 216 valence electrons. The van der Waals surface area contributed by atoms with Crippen molar-refractivity contribution >= 4 is 46.8 Å². The molecule has 0 fully saturated rings. The van der Waals surface area contributed by atoms with Gasteiger partial charge in [0.05, 0.1) is 10.0 Å². The molecule has 9 nitrogen and oxygen atoms in total. The van der Waals surface area contributed by atoms with E-state index in [1.807, 2.05) is 60.7 Å². The van der Waals surface area contributed by atoms with Crippen molar-refractivity contribution < 1.29 is 14.4 Å². The van der Waals surface area contributed by atoms with Crippen LogP contribution in [0.3, 0.4) is 0 Å². The van der Waals surface area contributed by atoms with Crippen molar-refractivity contribution in [3.05, 3.63) is 106 Å². The molecule has 0 unspecified atom stereocenters. The van der Waals surface area contributed by atoms with Crippen molar-refractivity contribution in [2.24, 2.45) is 27.9 Å². The number of primary amides is 1. The first-order valence-corrected chi connectivity index (χ1v) is 13.8. The van der Waals surface area contributed by atoms with Crippen LogP contribution in [0.1, 0.15) is 41.9 Å². The quantitative estimate of drug-likeness (QED) is 0.0825. The molecule has 0 radical (unpaired) electrons. The van der Waals surface area contributed by atoms with Crippen LogP contribution in [0.25, 0.3) is 0 Å². The Morgan fingerprint density at radius 2 is 1.44 bits per heavy atom. The Morgan fingerprint density at radius 3 is 1.95 bits per heavy atom. The number of hydrogen-bond acceptors (Lipinski definition) is 5. The summed E-state index contributed by atoms with van der Waals surface area (Å²) in [5.41, 5.74) is 23.5. The van der Waals surface area contributed by atoms with Gasteiger partial charge in [-0.25, -0.2) is 0 Å². The zero-order valence-corrected chi connectivity index (χ0v) is 23.9. The largest absolute Gasteiger partial charge is 0.370 e. The van der Waals surface area contributed by atoms with Gasteiger partial charge in [0.1, 0.15) is 6.04 Å². The van der Waals surface area contributed by atoms with Gasteiger partial charge in [0.25, 0.3) is 0 Å². The van der Waals surface area contributed by atoms with Gasteiger partial charge in [-0.15, -0.1) is 0 Å². The number of aliphatic imine (C=N–C) groups is 1. The van der Waals surface area contributed by atoms with Gasteiger partial charge in [-0.3, -0.25) is 19.4 Å². The molecule has 0 heterocycles. The molecule has 11 heteroatoms. The number of halogens is 2. The lowest BCUT2D eigenvalue weighted by molar-refractivity contribution is -0.138. The predicted molar refractivity (Wildman–Crippen MR) is 162 cm³/mol. The first-order chi connectivity index (χ1) is 19.5. The van der Waals surface area contributed by atoms with Crippen LogP contribution in [0.2, 0.25) is 10.0 Å². The highest BCUT2D eigenvalue weighted by Gasteiger charge is 2.43. The maximum Gasteiger partial charge on any atom is 0.248 e. The van der Waals surface area contributed by atoms with Crippen molar-refractivity contribution in [2.75, 3.05) is 6.54 Å². The number of rotatable bonds is 14. The summed E-state index contributed by atoms with van der Waals surface area (Å²) in [6.07, 6.45) is 0.132. The lowest BCUT2D eigenvalue weighted by atomic mass is 9.79. The number of amides is 2. The number of Topliss-reactive ketones (excluding diaryl/α,β-unsaturated/α-hetero) is 1. The van der Waals surface area contributed by atoms with Crippen molar-refractivity contribution in [1.29, 1.82) is 0 Å². The molecule has 0 aliphatic heterocycles. The highest BCUT2D eigenvalue weighted by atomic mass is 35.5. The third-order valence-corrected chi connectivity index (χ3v) is 7.53. The van der Waals surface area contributed by atoms with Crippen LogP contribution in [-0.2, 0) is 20.8 Å². The average Bonchev–Trinajstić information content (AvgIpc) is 2.96. The molecular formula is C30H34Cl2N6O3. The molecule has 0 saturated heterocycles. The topological polar surface area (TPSA) is 180 Å². The summed E-state index contributed by atoms with van der Waals surface area (Å²) in [7, 11) is 0. The molecule has 2 atom stereocenters. The smallest absolute Gasteiger partial charge is 0.248 e. The summed E-state index contributed by atoms with van der Waals surface area (Å²) in [4.78, 5) is 44.0. The number of ketones is 1. The van der Waals surface area contributed by atoms with Crippen molar-refractivity contribution in [2.45, 2.75) is 43.2 Å². The van der Waals surface area contributed by atoms with Gasteiger partial charge >= 0.3 is 0 Å². The molecule has 2 amide bonds. The lowest BCUT2D eigenvalue weighted by Gasteiger charge is -2.30. The number of carbonyl (C=O) groups is 3. The second-order valence-electron chi connectivity index (χ2n) is 9.76. The van der Waals surface area contributed by atoms with Gasteiger partial charge in [0.15, 0.2) is 17.3 Å². The molecule has 3 aromatic rings. The fourth-order valence-corrected chi connectivity index (χ4v) is 4.84. The Labute approximate surface area is 249 Å². The van der Waals surface area contributed by atoms with E-state index in [4.69, 9.17) is 46.1 Å². The minimum absolute atomic E-state index is 0.0207. The Balaban J connectivity index is 1.90. The second kappa shape index (κ2) is 14.6. The maximum absolute atomic E-state index is 14.0. The molecule has 3 aromatic carbocycles. The summed E-state index contributed by atoms with van der Waals surface area (Å²) >= 11 is 12.1. The van der Waals surface area contributed by atoms with Crippen LogP contribution >= 0.6 is 23.2 Å². The van der Waals surface area contributed by atoms with E-state index in [2.05, 4.69) is 10.3 Å². The van der Waals surface area contributed by atoms with E-state index in [0.717, 1.165) is 11.1 Å². The molecule has 0 aliphatic carbocycles. The molecule has 0 aromatic heterocycles. The van der Waals surface area contributed by atoms with Crippen LogP contribution < -0.4 is 28.3 Å². The average molecular weight is 598 g/mol. The minimum atomic E-state index is -1.99. The number of guanidine groups is 1. The van der Waals surface area contributed by atoms with Crippen molar-refractivity contribution in [1.82, 2.24) is 5.32 Å². The van der Waals surface area contributed by atoms with Crippen LogP contribution in [0, 0.1) is 0 Å². The normalized spacial score (nSPS) is 13.2. The van der Waals surface area contributed by atoms with E-state index in [0.29, 0.717) is 10.6 Å². The Kier molecular flexibility index (Phi) is 11.3. The lowest BCUT2D eigenvalue weighted by Crippen LogP contribution is -2.63. The van der Waals surface area contributed by atoms with Crippen LogP contribution in [-0.4, -0.2) is 41.7 Å². The van der Waals surface area contributed by atoms with Gasteiger partial charge < -0.3 is 28.3 Å². The zero-order chi connectivity index (χ0) is 30.0. The summed E-state index contributed by atoms with van der Waals surface area (Å²) in [5.74, 6) is -2.61. The Hall–Kier alpha value is -3.92. The first kappa shape index (κ1) is 31.6. The Bertz CT molecular complexity index is 1340. The summed E-state index contributed by atoms with van der Waals surface area (Å²) < 4.78 is 0. The van der Waals surface area contributed by atoms with Crippen LogP contribution in [0.4, 0.5) is 0 Å². The molecule has 0 spiro atoms. The van der Waals surface area contributed by atoms with E-state index in [1.165, 1.54) is 0 Å². The molecular weight excluding hydrogens is 563 g/mol. The molecule has 0 aliphatic rings. The fourth-order valence-electron chi connectivity index (χ4n) is 4.52. The van der Waals surface area contributed by atoms with E-state index >= 15 is 0 Å². The molecule has 3 rings (SSSR count). The van der Waals surface area contributed by atoms with Crippen LogP contribution in [0.15, 0.2) is 83.9 Å². The van der Waals surface area contributed by atoms with E-state index in [1.54, 1.807) is 18.2 Å². The number of nitrogens with two attached hydrogens (primary N) is 4. The third kappa shape index (κ3) is 8.78. The van der Waals surface area contributed by atoms with E-state index in [9.17, 15) is 14.4 Å². The monoisotopic (exact) mass is 596 g/mol. The van der Waals surface area contributed by atoms with Gasteiger partial charge in [-0.05, 0) is 41.7 Å². The number of hydrogen-bond donors (Lipinski definition) is 5. The number of nitrogens with zero attached hydrogens (tertiary/aromatic N) is 1. The van der Waals surface area contributed by atoms with E-state index < -0.39 is 29.2 Å². The van der Waals surface area contributed by atoms with Gasteiger partial charge in [-0.2, -0.15) is 0 Å². The first-order valence-electron chi connectivity index (χ1n) is 13.0. The molecule has 41 heavy (non-hydrogen) atoms. The fraction of sp³-hybridized carbons (Fsp3) is 0.267. The van der Waals surface area contributed by atoms with Crippen molar-refractivity contribution in [3.63, 3.8) is 0 Å². The summed E-state index contributed by atoms with van der Waals surface area (Å²) in [5, 5.41) is 3.23. The second-order valence-corrected chi connectivity index (χ2v) is 10.6. The number of carbonyl (C=O) groups excluding carboxylic acids is 3. The number of benzene rings is 3. The number of nitrogens with one attached hydrogen (secondary N) is 1. The molecule has 0 bridgehead atoms. The highest BCUT2D eigenvalue weighted by molar-refractivity contribution is 6.42. The van der Waals surface area contributed by atoms with Gasteiger partial charge in [-0.1, -0.05) is 89.9 Å². The van der Waals surface area contributed by atoms with Crippen molar-refractivity contribution in [3.8, 4) is 0 Å². The predicted octanol–water partition coefficient (Wildman–Crippen LogP) is 3.05. The zero-order valence-electron chi connectivity index (χ0n) is 22.4.